The molecule has 10 nitrogen and oxygen atoms in total. The molecular formula is C12H22N4O6S2. The fourth-order valence-electron chi connectivity index (χ4n) is 1.40. The second-order valence-electron chi connectivity index (χ2n) is 4.85. The number of nitrogens with two attached hydrogens (primary N) is 1. The topological polar surface area (TPSA) is 171 Å². The second kappa shape index (κ2) is 11.1. The lowest BCUT2D eigenvalue weighted by Gasteiger charge is -2.22. The molecule has 7 N–H and O–H groups in total. The molecule has 0 spiro atoms. The van der Waals surface area contributed by atoms with Crippen molar-refractivity contribution in [3.8, 4) is 0 Å². The van der Waals surface area contributed by atoms with Crippen molar-refractivity contribution in [3.63, 3.8) is 0 Å². The molecule has 138 valence electrons. The monoisotopic (exact) mass is 382 g/mol. The van der Waals surface area contributed by atoms with E-state index in [0.717, 1.165) is 0 Å². The summed E-state index contributed by atoms with van der Waals surface area (Å²) in [5.74, 6) is -3.61. The fraction of sp³-hybridized carbons (Fsp3) is 0.667. The first-order chi connectivity index (χ1) is 11.2. The zero-order valence-corrected chi connectivity index (χ0v) is 14.7. The Balaban J connectivity index is 4.79. The number of amides is 3. The Morgan fingerprint density at radius 1 is 0.958 bits per heavy atom. The minimum Gasteiger partial charge on any atom is -0.480 e. The summed E-state index contributed by atoms with van der Waals surface area (Å²) in [7, 11) is 0. The molecule has 24 heavy (non-hydrogen) atoms. The molecule has 0 saturated heterocycles. The van der Waals surface area contributed by atoms with Crippen molar-refractivity contribution in [2.24, 2.45) is 5.73 Å². The molecule has 0 heterocycles. The summed E-state index contributed by atoms with van der Waals surface area (Å²) < 4.78 is 0. The number of carboxylic acid groups (broad SMARTS) is 1. The van der Waals surface area contributed by atoms with Crippen LogP contribution >= 0.6 is 25.3 Å². The first-order valence-corrected chi connectivity index (χ1v) is 8.16. The van der Waals surface area contributed by atoms with Crippen molar-refractivity contribution in [1.82, 2.24) is 16.0 Å². The van der Waals surface area contributed by atoms with Crippen LogP contribution in [0.1, 0.15) is 6.92 Å². The maximum Gasteiger partial charge on any atom is 0.325 e. The third kappa shape index (κ3) is 7.38. The standard InChI is InChI=1S/C12H22N4O6S2/c1-5(12(21)22)14-11(20)8(4-24)16-10(19)7(2-17)15-9(18)6(13)3-23/h5-8,17,23-24H,2-4,13H2,1H3,(H,14,20)(H,15,18)(H,16,19)(H,21,22). The number of carbonyl (C=O) groups is 4. The maximum atomic E-state index is 12.0. The number of aliphatic carboxylic acids is 1. The van der Waals surface area contributed by atoms with E-state index >= 15 is 0 Å². The normalized spacial score (nSPS) is 15.5. The third-order valence-corrected chi connectivity index (χ3v) is 3.65. The Labute approximate surface area is 149 Å². The predicted octanol–water partition coefficient (Wildman–Crippen LogP) is -3.28. The van der Waals surface area contributed by atoms with Crippen molar-refractivity contribution >= 4 is 48.9 Å². The van der Waals surface area contributed by atoms with E-state index in [4.69, 9.17) is 10.8 Å². The van der Waals surface area contributed by atoms with Crippen LogP contribution in [0.2, 0.25) is 0 Å². The van der Waals surface area contributed by atoms with Gasteiger partial charge in [0.05, 0.1) is 12.6 Å². The smallest absolute Gasteiger partial charge is 0.325 e. The number of carboxylic acids is 1. The summed E-state index contributed by atoms with van der Waals surface area (Å²) in [6.07, 6.45) is 0. The molecule has 4 atom stereocenters. The quantitative estimate of drug-likeness (QED) is 0.183. The van der Waals surface area contributed by atoms with E-state index in [1.165, 1.54) is 6.92 Å². The van der Waals surface area contributed by atoms with Gasteiger partial charge in [0.25, 0.3) is 0 Å². The average Bonchev–Trinajstić information content (AvgIpc) is 2.55. The van der Waals surface area contributed by atoms with Gasteiger partial charge in [-0.05, 0) is 6.92 Å². The summed E-state index contributed by atoms with van der Waals surface area (Å²) >= 11 is 7.76. The van der Waals surface area contributed by atoms with Gasteiger partial charge in [-0.15, -0.1) is 0 Å². The highest BCUT2D eigenvalue weighted by Crippen LogP contribution is 1.95. The highest BCUT2D eigenvalue weighted by Gasteiger charge is 2.28. The molecule has 4 unspecified atom stereocenters. The number of rotatable bonds is 10. The minimum atomic E-state index is -1.32. The molecule has 0 radical (unpaired) electrons. The zero-order valence-electron chi connectivity index (χ0n) is 12.9. The van der Waals surface area contributed by atoms with Crippen LogP contribution in [0.25, 0.3) is 0 Å². The highest BCUT2D eigenvalue weighted by molar-refractivity contribution is 7.80. The zero-order chi connectivity index (χ0) is 18.9. The number of hydrogen-bond donors (Lipinski definition) is 8. The van der Waals surface area contributed by atoms with E-state index < -0.39 is 54.5 Å². The second-order valence-corrected chi connectivity index (χ2v) is 5.58. The van der Waals surface area contributed by atoms with Crippen molar-refractivity contribution in [1.29, 1.82) is 0 Å². The van der Waals surface area contributed by atoms with Gasteiger partial charge in [0.15, 0.2) is 0 Å². The average molecular weight is 382 g/mol. The van der Waals surface area contributed by atoms with Gasteiger partial charge in [0.2, 0.25) is 17.7 Å². The number of nitrogens with one attached hydrogen (secondary N) is 3. The van der Waals surface area contributed by atoms with E-state index in [1.54, 1.807) is 0 Å². The SMILES string of the molecule is CC(NC(=O)C(CS)NC(=O)C(CO)NC(=O)C(N)CS)C(=O)O. The summed E-state index contributed by atoms with van der Waals surface area (Å²) in [5.41, 5.74) is 5.44. The van der Waals surface area contributed by atoms with Gasteiger partial charge in [-0.2, -0.15) is 25.3 Å². The van der Waals surface area contributed by atoms with E-state index in [2.05, 4.69) is 41.2 Å². The number of aliphatic hydroxyl groups excluding tert-OH is 1. The van der Waals surface area contributed by atoms with Gasteiger partial charge in [-0.1, -0.05) is 0 Å². The first kappa shape index (κ1) is 22.5. The van der Waals surface area contributed by atoms with Gasteiger partial charge in [0.1, 0.15) is 18.1 Å². The summed E-state index contributed by atoms with van der Waals surface area (Å²) in [4.78, 5) is 46.3. The third-order valence-electron chi connectivity index (χ3n) is 2.89. The Hall–Kier alpha value is -1.50. The lowest BCUT2D eigenvalue weighted by molar-refractivity contribution is -0.141. The summed E-state index contributed by atoms with van der Waals surface area (Å²) in [5, 5.41) is 24.6. The van der Waals surface area contributed by atoms with Gasteiger partial charge in [-0.3, -0.25) is 19.2 Å². The predicted molar refractivity (Wildman–Crippen MR) is 91.9 cm³/mol. The molecule has 0 rings (SSSR count). The number of thiol groups is 2. The van der Waals surface area contributed by atoms with Gasteiger partial charge < -0.3 is 31.9 Å². The highest BCUT2D eigenvalue weighted by atomic mass is 32.1. The summed E-state index contributed by atoms with van der Waals surface area (Å²) in [6, 6.07) is -4.59. The van der Waals surface area contributed by atoms with Gasteiger partial charge >= 0.3 is 5.97 Å². The number of carbonyl (C=O) groups excluding carboxylic acids is 3. The molecule has 3 amide bonds. The van der Waals surface area contributed by atoms with Crippen LogP contribution in [0.4, 0.5) is 0 Å². The van der Waals surface area contributed by atoms with Crippen molar-refractivity contribution in [3.05, 3.63) is 0 Å². The van der Waals surface area contributed by atoms with Crippen LogP contribution in [0.3, 0.4) is 0 Å². The van der Waals surface area contributed by atoms with Crippen molar-refractivity contribution in [2.45, 2.75) is 31.1 Å². The van der Waals surface area contributed by atoms with E-state index in [0.29, 0.717) is 0 Å². The van der Waals surface area contributed by atoms with Crippen molar-refractivity contribution in [2.75, 3.05) is 18.1 Å². The van der Waals surface area contributed by atoms with Crippen molar-refractivity contribution < 1.29 is 29.4 Å². The molecule has 12 heteroatoms. The largest absolute Gasteiger partial charge is 0.480 e. The van der Waals surface area contributed by atoms with E-state index in [9.17, 15) is 24.3 Å². The molecule has 0 aromatic heterocycles. The van der Waals surface area contributed by atoms with Crippen LogP contribution in [0, 0.1) is 0 Å². The maximum absolute atomic E-state index is 12.0. The van der Waals surface area contributed by atoms with Crippen LogP contribution < -0.4 is 21.7 Å². The molecule has 0 fully saturated rings. The van der Waals surface area contributed by atoms with Crippen LogP contribution in [-0.4, -0.2) is 76.2 Å². The Morgan fingerprint density at radius 3 is 1.88 bits per heavy atom. The number of hydrogen-bond acceptors (Lipinski definition) is 8. The Morgan fingerprint density at radius 2 is 1.46 bits per heavy atom. The molecule has 0 aromatic carbocycles. The van der Waals surface area contributed by atoms with Crippen LogP contribution in [-0.2, 0) is 19.2 Å². The van der Waals surface area contributed by atoms with E-state index in [-0.39, 0.29) is 11.5 Å². The Bertz CT molecular complexity index is 478. The van der Waals surface area contributed by atoms with E-state index in [1.807, 2.05) is 0 Å². The van der Waals surface area contributed by atoms with Crippen LogP contribution in [0.5, 0.6) is 0 Å². The molecule has 0 saturated carbocycles. The molecular weight excluding hydrogens is 360 g/mol. The molecule has 0 aliphatic rings. The lowest BCUT2D eigenvalue weighted by Crippen LogP contribution is -2.58. The lowest BCUT2D eigenvalue weighted by atomic mass is 10.2. The van der Waals surface area contributed by atoms with Gasteiger partial charge in [-0.25, -0.2) is 0 Å². The molecule has 0 aliphatic heterocycles. The molecule has 0 aromatic rings. The molecule has 0 bridgehead atoms. The minimum absolute atomic E-state index is 0.0420. The fourth-order valence-corrected chi connectivity index (χ4v) is 1.82. The summed E-state index contributed by atoms with van der Waals surface area (Å²) in [6.45, 7) is 0.538. The number of aliphatic hydroxyl groups is 1. The van der Waals surface area contributed by atoms with Crippen LogP contribution in [0.15, 0.2) is 0 Å². The Kier molecular flexibility index (Phi) is 10.4. The molecule has 0 aliphatic carbocycles. The first-order valence-electron chi connectivity index (χ1n) is 6.89. The van der Waals surface area contributed by atoms with Gasteiger partial charge in [0, 0.05) is 11.5 Å².